The van der Waals surface area contributed by atoms with Crippen LogP contribution in [0.3, 0.4) is 0 Å². The number of benzene rings is 1. The summed E-state index contributed by atoms with van der Waals surface area (Å²) in [6.45, 7) is 6.00. The molecule has 5 heteroatoms. The Balaban J connectivity index is 1.72. The highest BCUT2D eigenvalue weighted by Crippen LogP contribution is 2.15. The van der Waals surface area contributed by atoms with Gasteiger partial charge in [-0.2, -0.15) is 0 Å². The first-order valence-electron chi connectivity index (χ1n) is 8.12. The molecule has 2 rings (SSSR count). The van der Waals surface area contributed by atoms with Crippen molar-refractivity contribution in [3.8, 4) is 5.75 Å². The first-order chi connectivity index (χ1) is 11.5. The van der Waals surface area contributed by atoms with Gasteiger partial charge >= 0.3 is 0 Å². The summed E-state index contributed by atoms with van der Waals surface area (Å²) < 4.78 is 11.3. The molecule has 0 saturated carbocycles. The molecule has 1 heterocycles. The van der Waals surface area contributed by atoms with Crippen LogP contribution < -0.4 is 4.74 Å². The lowest BCUT2D eigenvalue weighted by Gasteiger charge is -2.21. The van der Waals surface area contributed by atoms with E-state index < -0.39 is 0 Å². The van der Waals surface area contributed by atoms with Gasteiger partial charge in [0, 0.05) is 13.6 Å². The fourth-order valence-corrected chi connectivity index (χ4v) is 2.35. The second-order valence-corrected chi connectivity index (χ2v) is 6.11. The van der Waals surface area contributed by atoms with Crippen LogP contribution in [0.15, 0.2) is 40.8 Å². The van der Waals surface area contributed by atoms with Gasteiger partial charge in [-0.15, -0.1) is 0 Å². The van der Waals surface area contributed by atoms with Crippen LogP contribution in [0.4, 0.5) is 0 Å². The number of ether oxygens (including phenoxy) is 1. The molecule has 0 N–H and O–H groups in total. The zero-order chi connectivity index (χ0) is 17.5. The number of hydrogen-bond donors (Lipinski definition) is 0. The van der Waals surface area contributed by atoms with E-state index in [2.05, 4.69) is 0 Å². The Morgan fingerprint density at radius 2 is 1.88 bits per heavy atom. The van der Waals surface area contributed by atoms with Crippen molar-refractivity contribution in [2.75, 3.05) is 33.8 Å². The third-order valence-electron chi connectivity index (χ3n) is 3.84. The maximum absolute atomic E-state index is 12.3. The minimum Gasteiger partial charge on any atom is -0.492 e. The molecule has 1 amide bonds. The van der Waals surface area contributed by atoms with E-state index in [4.69, 9.17) is 9.15 Å². The van der Waals surface area contributed by atoms with Crippen molar-refractivity contribution < 1.29 is 13.9 Å². The third kappa shape index (κ3) is 5.42. The Bertz CT molecular complexity index is 666. The summed E-state index contributed by atoms with van der Waals surface area (Å²) in [5.41, 5.74) is 1.12. The molecular formula is C19H26N2O3. The predicted molar refractivity (Wildman–Crippen MR) is 94.1 cm³/mol. The second-order valence-electron chi connectivity index (χ2n) is 6.11. The maximum Gasteiger partial charge on any atom is 0.236 e. The average molecular weight is 330 g/mol. The number of furan rings is 1. The zero-order valence-corrected chi connectivity index (χ0v) is 14.9. The lowest BCUT2D eigenvalue weighted by atomic mass is 10.2. The maximum atomic E-state index is 12.3. The summed E-state index contributed by atoms with van der Waals surface area (Å²) in [6.07, 6.45) is 0. The van der Waals surface area contributed by atoms with E-state index in [0.717, 1.165) is 22.8 Å². The standard InChI is InChI=1S/C19H26N2O3/c1-15-7-5-6-8-18(15)23-12-11-20(3)14-19(22)21(4)13-17-10-9-16(2)24-17/h5-10H,11-14H2,1-4H3. The number of aryl methyl sites for hydroxylation is 2. The van der Waals surface area contributed by atoms with Gasteiger partial charge in [-0.3, -0.25) is 9.69 Å². The van der Waals surface area contributed by atoms with Crippen LogP contribution in [-0.4, -0.2) is 49.5 Å². The minimum absolute atomic E-state index is 0.0578. The number of nitrogens with zero attached hydrogens (tertiary/aromatic N) is 2. The van der Waals surface area contributed by atoms with Crippen LogP contribution in [0.2, 0.25) is 0 Å². The number of carbonyl (C=O) groups excluding carboxylic acids is 1. The Morgan fingerprint density at radius 1 is 1.12 bits per heavy atom. The van der Waals surface area contributed by atoms with E-state index in [1.165, 1.54) is 0 Å². The normalized spacial score (nSPS) is 10.9. The van der Waals surface area contributed by atoms with Gasteiger partial charge in [-0.05, 0) is 44.7 Å². The number of amides is 1. The van der Waals surface area contributed by atoms with Gasteiger partial charge in [0.2, 0.25) is 5.91 Å². The van der Waals surface area contributed by atoms with Crippen LogP contribution in [-0.2, 0) is 11.3 Å². The van der Waals surface area contributed by atoms with Gasteiger partial charge < -0.3 is 14.1 Å². The highest BCUT2D eigenvalue weighted by atomic mass is 16.5. The average Bonchev–Trinajstić information content (AvgIpc) is 2.94. The molecule has 0 atom stereocenters. The van der Waals surface area contributed by atoms with Gasteiger partial charge in [0.1, 0.15) is 23.9 Å². The van der Waals surface area contributed by atoms with Gasteiger partial charge in [-0.1, -0.05) is 18.2 Å². The van der Waals surface area contributed by atoms with Crippen molar-refractivity contribution in [3.63, 3.8) is 0 Å². The zero-order valence-electron chi connectivity index (χ0n) is 14.9. The van der Waals surface area contributed by atoms with Crippen molar-refractivity contribution in [1.29, 1.82) is 0 Å². The van der Waals surface area contributed by atoms with Gasteiger partial charge in [0.05, 0.1) is 13.1 Å². The third-order valence-corrected chi connectivity index (χ3v) is 3.84. The Hall–Kier alpha value is -2.27. The molecule has 0 saturated heterocycles. The molecule has 0 bridgehead atoms. The van der Waals surface area contributed by atoms with E-state index in [1.807, 2.05) is 62.2 Å². The van der Waals surface area contributed by atoms with Crippen LogP contribution in [0.25, 0.3) is 0 Å². The van der Waals surface area contributed by atoms with Crippen LogP contribution in [0.1, 0.15) is 17.1 Å². The molecule has 2 aromatic rings. The summed E-state index contributed by atoms with van der Waals surface area (Å²) in [4.78, 5) is 15.9. The number of likely N-dealkylation sites (N-methyl/N-ethyl adjacent to an activating group) is 2. The largest absolute Gasteiger partial charge is 0.492 e. The summed E-state index contributed by atoms with van der Waals surface area (Å²) in [5, 5.41) is 0. The van der Waals surface area contributed by atoms with Crippen molar-refractivity contribution in [2.45, 2.75) is 20.4 Å². The molecule has 5 nitrogen and oxygen atoms in total. The van der Waals surface area contributed by atoms with E-state index in [9.17, 15) is 4.79 Å². The quantitative estimate of drug-likeness (QED) is 0.747. The number of para-hydroxylation sites is 1. The molecule has 0 spiro atoms. The molecular weight excluding hydrogens is 304 g/mol. The molecule has 0 aliphatic heterocycles. The molecule has 0 unspecified atom stereocenters. The summed E-state index contributed by atoms with van der Waals surface area (Å²) in [6, 6.07) is 11.7. The monoisotopic (exact) mass is 330 g/mol. The Labute approximate surface area is 143 Å². The molecule has 0 radical (unpaired) electrons. The highest BCUT2D eigenvalue weighted by Gasteiger charge is 2.13. The SMILES string of the molecule is Cc1ccc(CN(C)C(=O)CN(C)CCOc2ccccc2C)o1. The van der Waals surface area contributed by atoms with Gasteiger partial charge in [0.25, 0.3) is 0 Å². The van der Waals surface area contributed by atoms with E-state index in [1.54, 1.807) is 11.9 Å². The lowest BCUT2D eigenvalue weighted by molar-refractivity contribution is -0.131. The van der Waals surface area contributed by atoms with Crippen molar-refractivity contribution in [3.05, 3.63) is 53.5 Å². The summed E-state index contributed by atoms with van der Waals surface area (Å²) in [5.74, 6) is 2.61. The van der Waals surface area contributed by atoms with E-state index in [-0.39, 0.29) is 5.91 Å². The second kappa shape index (κ2) is 8.55. The molecule has 0 aliphatic rings. The van der Waals surface area contributed by atoms with Crippen molar-refractivity contribution in [1.82, 2.24) is 9.80 Å². The molecule has 24 heavy (non-hydrogen) atoms. The lowest BCUT2D eigenvalue weighted by Crippen LogP contribution is -2.37. The predicted octanol–water partition coefficient (Wildman–Crippen LogP) is 2.87. The smallest absolute Gasteiger partial charge is 0.236 e. The van der Waals surface area contributed by atoms with Crippen LogP contribution in [0, 0.1) is 13.8 Å². The van der Waals surface area contributed by atoms with Gasteiger partial charge in [0.15, 0.2) is 0 Å². The number of hydrogen-bond acceptors (Lipinski definition) is 4. The summed E-state index contributed by atoms with van der Waals surface area (Å²) in [7, 11) is 3.71. The summed E-state index contributed by atoms with van der Waals surface area (Å²) >= 11 is 0. The fourth-order valence-electron chi connectivity index (χ4n) is 2.35. The van der Waals surface area contributed by atoms with Crippen molar-refractivity contribution in [2.24, 2.45) is 0 Å². The number of carbonyl (C=O) groups is 1. The van der Waals surface area contributed by atoms with Crippen LogP contribution in [0.5, 0.6) is 5.75 Å². The topological polar surface area (TPSA) is 45.9 Å². The Morgan fingerprint density at radius 3 is 2.54 bits per heavy atom. The first kappa shape index (κ1) is 18.1. The molecule has 130 valence electrons. The van der Waals surface area contributed by atoms with Crippen LogP contribution >= 0.6 is 0 Å². The van der Waals surface area contributed by atoms with E-state index in [0.29, 0.717) is 26.2 Å². The number of rotatable bonds is 8. The molecule has 0 aliphatic carbocycles. The van der Waals surface area contributed by atoms with Crippen molar-refractivity contribution >= 4 is 5.91 Å². The minimum atomic E-state index is 0.0578. The van der Waals surface area contributed by atoms with E-state index >= 15 is 0 Å². The molecule has 0 fully saturated rings. The first-order valence-corrected chi connectivity index (χ1v) is 8.12. The molecule has 1 aromatic heterocycles. The Kier molecular flexibility index (Phi) is 6.44. The van der Waals surface area contributed by atoms with Gasteiger partial charge in [-0.25, -0.2) is 0 Å². The highest BCUT2D eigenvalue weighted by molar-refractivity contribution is 5.77. The molecule has 1 aromatic carbocycles. The fraction of sp³-hybridized carbons (Fsp3) is 0.421.